The van der Waals surface area contributed by atoms with Crippen molar-refractivity contribution in [3.8, 4) is 5.75 Å². The number of aromatic nitrogens is 1. The average molecular weight is 669 g/mol. The number of phenols is 1. The molecule has 0 unspecified atom stereocenters. The third-order valence-electron chi connectivity index (χ3n) is 8.90. The van der Waals surface area contributed by atoms with E-state index in [4.69, 9.17) is 21.9 Å². The number of benzene rings is 3. The molecule has 0 aliphatic carbocycles. The zero-order valence-electron chi connectivity index (χ0n) is 28.5. The van der Waals surface area contributed by atoms with Gasteiger partial charge >= 0.3 is 0 Å². The fraction of sp³-hybridized carbons (Fsp3) is 0.410. The number of para-hydroxylation sites is 1. The molecular formula is C39H52N6O4. The number of nitrogens with zero attached hydrogens (tertiary/aromatic N) is 1. The third-order valence-corrected chi connectivity index (χ3v) is 8.90. The highest BCUT2D eigenvalue weighted by Crippen LogP contribution is 2.23. The van der Waals surface area contributed by atoms with Crippen LogP contribution >= 0.6 is 0 Å². The first-order valence-electron chi connectivity index (χ1n) is 17.3. The number of hydrogen-bond acceptors (Lipinski definition) is 5. The van der Waals surface area contributed by atoms with Crippen molar-refractivity contribution >= 4 is 28.7 Å². The van der Waals surface area contributed by atoms with Crippen molar-refractivity contribution < 1.29 is 19.4 Å². The molecule has 9 N–H and O–H groups in total. The second kappa shape index (κ2) is 19.2. The van der Waals surface area contributed by atoms with Crippen LogP contribution in [0.2, 0.25) is 0 Å². The van der Waals surface area contributed by atoms with Crippen LogP contribution in [0.5, 0.6) is 5.75 Å². The maximum atomic E-state index is 13.7. The minimum atomic E-state index is -0.369. The van der Waals surface area contributed by atoms with Crippen molar-refractivity contribution in [3.63, 3.8) is 0 Å². The topological polar surface area (TPSA) is 182 Å². The van der Waals surface area contributed by atoms with Crippen molar-refractivity contribution in [2.24, 2.45) is 34.0 Å². The van der Waals surface area contributed by atoms with E-state index in [1.165, 1.54) is 0 Å². The molecule has 3 aromatic carbocycles. The number of nitrogens with one attached hydrogen (secondary N) is 2. The average Bonchev–Trinajstić information content (AvgIpc) is 3.50. The quantitative estimate of drug-likeness (QED) is 0.0407. The molecule has 0 saturated heterocycles. The van der Waals surface area contributed by atoms with Gasteiger partial charge in [0.05, 0.1) is 18.8 Å². The predicted octanol–water partition coefficient (Wildman–Crippen LogP) is 5.12. The maximum absolute atomic E-state index is 13.7. The molecule has 0 bridgehead atoms. The number of amides is 2. The van der Waals surface area contributed by atoms with Gasteiger partial charge in [-0.1, -0.05) is 74.0 Å². The number of phenolic OH excluding ortho intramolecular Hbond substituents is 1. The second-order valence-electron chi connectivity index (χ2n) is 12.9. The van der Waals surface area contributed by atoms with Gasteiger partial charge in [-0.2, -0.15) is 0 Å². The third kappa shape index (κ3) is 12.6. The van der Waals surface area contributed by atoms with Gasteiger partial charge in [-0.25, -0.2) is 0 Å². The van der Waals surface area contributed by atoms with Crippen LogP contribution in [0.25, 0.3) is 10.9 Å². The maximum Gasteiger partial charge on any atom is 0.223 e. The van der Waals surface area contributed by atoms with E-state index in [0.29, 0.717) is 58.1 Å². The standard InChI is InChI=1S/C39H52N6O4/c1-2-9-31(22-28-15-18-34(46)19-16-28)38(48)45-33(23-27-10-4-3-5-11-27)26-49-35(13-8-21-43-39(41)42)20-17-30(37(40)47)25-32-24-29-12-6-7-14-36(29)44-32/h3-7,10-12,14-16,18-19,24,30-31,33,35,44,46H,2,8-9,13,17,20-23,25-26H2,1H3,(H2,40,47)(H,45,48)(H4,41,42,43)/t30-,31-,33+,35-/m0/s1. The first-order valence-corrected chi connectivity index (χ1v) is 17.3. The van der Waals surface area contributed by atoms with Gasteiger partial charge in [0.1, 0.15) is 5.75 Å². The molecule has 0 spiro atoms. The van der Waals surface area contributed by atoms with Gasteiger partial charge in [0.15, 0.2) is 5.96 Å². The number of aliphatic imine (C=N–C) groups is 1. The summed E-state index contributed by atoms with van der Waals surface area (Å²) in [4.78, 5) is 33.9. The summed E-state index contributed by atoms with van der Waals surface area (Å²) in [6.07, 6.45) is 5.66. The van der Waals surface area contributed by atoms with Crippen LogP contribution in [0.1, 0.15) is 62.3 Å². The first kappa shape index (κ1) is 37.0. The Hall–Kier alpha value is -4.83. The van der Waals surface area contributed by atoms with E-state index in [0.717, 1.165) is 40.6 Å². The van der Waals surface area contributed by atoms with Crippen molar-refractivity contribution in [1.29, 1.82) is 0 Å². The van der Waals surface area contributed by atoms with E-state index in [9.17, 15) is 14.7 Å². The fourth-order valence-corrected chi connectivity index (χ4v) is 6.29. The Balaban J connectivity index is 1.45. The van der Waals surface area contributed by atoms with Crippen molar-refractivity contribution in [3.05, 3.63) is 102 Å². The summed E-state index contributed by atoms with van der Waals surface area (Å²) in [5.74, 6) is -0.702. The van der Waals surface area contributed by atoms with Crippen LogP contribution in [0.4, 0.5) is 0 Å². The van der Waals surface area contributed by atoms with Crippen LogP contribution < -0.4 is 22.5 Å². The van der Waals surface area contributed by atoms with E-state index in [1.807, 2.05) is 66.7 Å². The zero-order valence-corrected chi connectivity index (χ0v) is 28.5. The molecule has 4 rings (SSSR count). The van der Waals surface area contributed by atoms with E-state index < -0.39 is 0 Å². The van der Waals surface area contributed by atoms with Gasteiger partial charge in [0.2, 0.25) is 11.8 Å². The molecule has 1 heterocycles. The number of rotatable bonds is 21. The van der Waals surface area contributed by atoms with Gasteiger partial charge in [-0.3, -0.25) is 14.6 Å². The summed E-state index contributed by atoms with van der Waals surface area (Å²) < 4.78 is 6.57. The molecule has 10 nitrogen and oxygen atoms in total. The number of hydrogen-bond donors (Lipinski definition) is 6. The molecule has 2 amide bonds. The van der Waals surface area contributed by atoms with E-state index >= 15 is 0 Å². The van der Waals surface area contributed by atoms with Gasteiger partial charge in [-0.15, -0.1) is 0 Å². The summed E-state index contributed by atoms with van der Waals surface area (Å²) in [5, 5.41) is 14.1. The Morgan fingerprint density at radius 1 is 0.837 bits per heavy atom. The lowest BCUT2D eigenvalue weighted by molar-refractivity contribution is -0.127. The molecule has 0 fully saturated rings. The minimum Gasteiger partial charge on any atom is -0.508 e. The lowest BCUT2D eigenvalue weighted by Crippen LogP contribution is -2.44. The van der Waals surface area contributed by atoms with Crippen LogP contribution in [-0.4, -0.2) is 53.2 Å². The number of carbonyl (C=O) groups is 2. The molecule has 262 valence electrons. The SMILES string of the molecule is CCC[C@@H](Cc1ccc(O)cc1)C(=O)N[C@@H](CO[C@@H](CCCN=C(N)N)CC[C@@H](Cc1cc2ccccc2[nH]1)C(N)=O)Cc1ccccc1. The number of primary amides is 1. The summed E-state index contributed by atoms with van der Waals surface area (Å²) in [6, 6.07) is 26.9. The lowest BCUT2D eigenvalue weighted by atomic mass is 9.93. The van der Waals surface area contributed by atoms with Crippen molar-refractivity contribution in [2.45, 2.75) is 76.9 Å². The van der Waals surface area contributed by atoms with Crippen molar-refractivity contribution in [1.82, 2.24) is 10.3 Å². The molecule has 4 atom stereocenters. The highest BCUT2D eigenvalue weighted by atomic mass is 16.5. The van der Waals surface area contributed by atoms with Crippen LogP contribution in [-0.2, 0) is 33.6 Å². The van der Waals surface area contributed by atoms with Crippen molar-refractivity contribution in [2.75, 3.05) is 13.2 Å². The molecule has 0 saturated carbocycles. The molecule has 0 radical (unpaired) electrons. The Bertz CT molecular complexity index is 1580. The highest BCUT2D eigenvalue weighted by Gasteiger charge is 2.24. The number of aromatic hydroxyl groups is 1. The fourth-order valence-electron chi connectivity index (χ4n) is 6.29. The van der Waals surface area contributed by atoms with Crippen LogP contribution in [0.15, 0.2) is 89.9 Å². The highest BCUT2D eigenvalue weighted by molar-refractivity contribution is 5.81. The summed E-state index contributed by atoms with van der Waals surface area (Å²) >= 11 is 0. The minimum absolute atomic E-state index is 0.0177. The van der Waals surface area contributed by atoms with E-state index in [-0.39, 0.29) is 47.5 Å². The summed E-state index contributed by atoms with van der Waals surface area (Å²) in [5.41, 5.74) is 21.1. The van der Waals surface area contributed by atoms with Gasteiger partial charge < -0.3 is 37.3 Å². The number of fused-ring (bicyclic) bond motifs is 1. The second-order valence-corrected chi connectivity index (χ2v) is 12.9. The predicted molar refractivity (Wildman–Crippen MR) is 196 cm³/mol. The van der Waals surface area contributed by atoms with Gasteiger partial charge in [0.25, 0.3) is 0 Å². The summed E-state index contributed by atoms with van der Waals surface area (Å²) in [7, 11) is 0. The monoisotopic (exact) mass is 668 g/mol. The number of ether oxygens (including phenoxy) is 1. The Morgan fingerprint density at radius 3 is 2.24 bits per heavy atom. The molecule has 1 aromatic heterocycles. The Morgan fingerprint density at radius 2 is 1.55 bits per heavy atom. The summed E-state index contributed by atoms with van der Waals surface area (Å²) in [6.45, 7) is 2.84. The van der Waals surface area contributed by atoms with E-state index in [1.54, 1.807) is 12.1 Å². The first-order chi connectivity index (χ1) is 23.7. The molecule has 49 heavy (non-hydrogen) atoms. The van der Waals surface area contributed by atoms with E-state index in [2.05, 4.69) is 28.3 Å². The molecule has 4 aromatic rings. The van der Waals surface area contributed by atoms with Gasteiger partial charge in [0, 0.05) is 29.6 Å². The Labute approximate surface area is 289 Å². The normalized spacial score (nSPS) is 13.7. The number of H-pyrrole nitrogens is 1. The van der Waals surface area contributed by atoms with Gasteiger partial charge in [-0.05, 0) is 92.1 Å². The number of aromatic amines is 1. The largest absolute Gasteiger partial charge is 0.508 e. The molecule has 0 aliphatic rings. The smallest absolute Gasteiger partial charge is 0.223 e. The van der Waals surface area contributed by atoms with Crippen LogP contribution in [0, 0.1) is 11.8 Å². The molecule has 10 heteroatoms. The molecule has 0 aliphatic heterocycles. The molecular weight excluding hydrogens is 616 g/mol. The number of nitrogens with two attached hydrogens (primary N) is 3. The van der Waals surface area contributed by atoms with Crippen LogP contribution in [0.3, 0.4) is 0 Å². The Kier molecular flexibility index (Phi) is 14.5. The number of guanidine groups is 1. The zero-order chi connectivity index (χ0) is 35.0. The lowest BCUT2D eigenvalue weighted by Gasteiger charge is -2.26. The number of carbonyl (C=O) groups excluding carboxylic acids is 2.